The molecule has 0 saturated carbocycles. The van der Waals surface area contributed by atoms with Gasteiger partial charge in [0.25, 0.3) is 5.91 Å². The summed E-state index contributed by atoms with van der Waals surface area (Å²) < 4.78 is 12.8. The topological polar surface area (TPSA) is 107 Å². The van der Waals surface area contributed by atoms with Gasteiger partial charge in [0.05, 0.1) is 23.3 Å². The van der Waals surface area contributed by atoms with E-state index in [9.17, 15) is 9.59 Å². The van der Waals surface area contributed by atoms with Gasteiger partial charge in [0.15, 0.2) is 0 Å². The Morgan fingerprint density at radius 2 is 2.06 bits per heavy atom. The van der Waals surface area contributed by atoms with Crippen LogP contribution in [0, 0.1) is 0 Å². The molecule has 9 nitrogen and oxygen atoms in total. The molecule has 0 fully saturated rings. The van der Waals surface area contributed by atoms with Crippen LogP contribution in [-0.2, 0) is 27.7 Å². The van der Waals surface area contributed by atoms with Crippen LogP contribution in [0.2, 0.25) is 0 Å². The first-order valence-corrected chi connectivity index (χ1v) is 11.7. The quantitative estimate of drug-likeness (QED) is 0.416. The average molecular weight is 486 g/mol. The number of nitrogens with one attached hydrogen (secondary N) is 2. The molecule has 1 aliphatic rings. The zero-order chi connectivity index (χ0) is 25.1. The second kappa shape index (κ2) is 10.3. The Morgan fingerprint density at radius 3 is 2.86 bits per heavy atom. The maximum absolute atomic E-state index is 13.2. The third-order valence-corrected chi connectivity index (χ3v) is 6.24. The fourth-order valence-electron chi connectivity index (χ4n) is 4.58. The summed E-state index contributed by atoms with van der Waals surface area (Å²) in [7, 11) is 3.32. The highest BCUT2D eigenvalue weighted by Gasteiger charge is 2.23. The van der Waals surface area contributed by atoms with E-state index in [-0.39, 0.29) is 24.5 Å². The van der Waals surface area contributed by atoms with Crippen LogP contribution in [0.25, 0.3) is 22.4 Å². The number of nitrogens with zero attached hydrogens (tertiary/aromatic N) is 3. The SMILES string of the molecule is COCC(=O)Nc1cc(C(=O)NC[C@H]2OCCc3ccccc32)cc2nc(-c3cccnc3)n(C)c12. The van der Waals surface area contributed by atoms with Crippen molar-refractivity contribution in [1.82, 2.24) is 19.9 Å². The zero-order valence-electron chi connectivity index (χ0n) is 20.2. The van der Waals surface area contributed by atoms with Crippen LogP contribution in [-0.4, -0.2) is 53.2 Å². The Balaban J connectivity index is 1.46. The number of aryl methyl sites for hydroxylation is 1. The van der Waals surface area contributed by atoms with Crippen LogP contribution < -0.4 is 10.6 Å². The number of aromatic nitrogens is 3. The Labute approximate surface area is 208 Å². The molecule has 0 radical (unpaired) electrons. The molecule has 4 aromatic rings. The molecule has 2 aromatic heterocycles. The van der Waals surface area contributed by atoms with Gasteiger partial charge in [-0.1, -0.05) is 24.3 Å². The monoisotopic (exact) mass is 485 g/mol. The summed E-state index contributed by atoms with van der Waals surface area (Å²) in [5.41, 5.74) is 5.29. The molecule has 2 aromatic carbocycles. The maximum atomic E-state index is 13.2. The van der Waals surface area contributed by atoms with Crippen molar-refractivity contribution in [3.05, 3.63) is 77.6 Å². The molecule has 9 heteroatoms. The molecule has 2 amide bonds. The first kappa shape index (κ1) is 23.7. The summed E-state index contributed by atoms with van der Waals surface area (Å²) in [6, 6.07) is 15.3. The lowest BCUT2D eigenvalue weighted by Gasteiger charge is -2.26. The number of pyridine rings is 1. The number of hydrogen-bond donors (Lipinski definition) is 2. The molecule has 184 valence electrons. The molecule has 3 heterocycles. The Hall–Kier alpha value is -4.08. The predicted molar refractivity (Wildman–Crippen MR) is 136 cm³/mol. The molecule has 0 spiro atoms. The predicted octanol–water partition coefficient (Wildman–Crippen LogP) is 3.26. The molecule has 2 N–H and O–H groups in total. The Bertz CT molecular complexity index is 1420. The molecule has 5 rings (SSSR count). The van der Waals surface area contributed by atoms with E-state index in [2.05, 4.69) is 21.7 Å². The molecular weight excluding hydrogens is 458 g/mol. The van der Waals surface area contributed by atoms with Gasteiger partial charge in [0.1, 0.15) is 18.5 Å². The van der Waals surface area contributed by atoms with E-state index in [1.165, 1.54) is 12.7 Å². The Morgan fingerprint density at radius 1 is 1.19 bits per heavy atom. The summed E-state index contributed by atoms with van der Waals surface area (Å²) in [6.07, 6.45) is 4.07. The Kier molecular flexibility index (Phi) is 6.75. The van der Waals surface area contributed by atoms with Gasteiger partial charge in [-0.15, -0.1) is 0 Å². The number of carbonyl (C=O) groups excluding carboxylic acids is 2. The van der Waals surface area contributed by atoms with Gasteiger partial charge in [-0.3, -0.25) is 14.6 Å². The number of anilines is 1. The van der Waals surface area contributed by atoms with E-state index in [4.69, 9.17) is 14.5 Å². The zero-order valence-corrected chi connectivity index (χ0v) is 20.2. The number of fused-ring (bicyclic) bond motifs is 2. The highest BCUT2D eigenvalue weighted by molar-refractivity contribution is 6.06. The summed E-state index contributed by atoms with van der Waals surface area (Å²) in [6.45, 7) is 0.844. The van der Waals surface area contributed by atoms with Gasteiger partial charge in [-0.25, -0.2) is 4.98 Å². The van der Waals surface area contributed by atoms with E-state index in [0.29, 0.717) is 41.3 Å². The molecule has 1 atom stereocenters. The van der Waals surface area contributed by atoms with Gasteiger partial charge in [-0.05, 0) is 41.8 Å². The minimum absolute atomic E-state index is 0.107. The first-order valence-electron chi connectivity index (χ1n) is 11.7. The van der Waals surface area contributed by atoms with Gasteiger partial charge in [0, 0.05) is 44.2 Å². The number of carbonyl (C=O) groups is 2. The van der Waals surface area contributed by atoms with Crippen molar-refractivity contribution in [3.63, 3.8) is 0 Å². The van der Waals surface area contributed by atoms with Crippen molar-refractivity contribution >= 4 is 28.5 Å². The fraction of sp³-hybridized carbons (Fsp3) is 0.259. The lowest BCUT2D eigenvalue weighted by Crippen LogP contribution is -2.32. The van der Waals surface area contributed by atoms with Crippen molar-refractivity contribution < 1.29 is 19.1 Å². The fourth-order valence-corrected chi connectivity index (χ4v) is 4.58. The molecule has 0 saturated heterocycles. The highest BCUT2D eigenvalue weighted by Crippen LogP contribution is 2.31. The van der Waals surface area contributed by atoms with Crippen molar-refractivity contribution in [3.8, 4) is 11.4 Å². The van der Waals surface area contributed by atoms with E-state index in [1.807, 2.05) is 41.9 Å². The van der Waals surface area contributed by atoms with Gasteiger partial charge >= 0.3 is 0 Å². The third-order valence-electron chi connectivity index (χ3n) is 6.24. The normalized spacial score (nSPS) is 14.9. The van der Waals surface area contributed by atoms with Crippen LogP contribution in [0.15, 0.2) is 60.9 Å². The van der Waals surface area contributed by atoms with Crippen LogP contribution in [0.1, 0.15) is 27.6 Å². The average Bonchev–Trinajstić information content (AvgIpc) is 3.24. The number of imidazole rings is 1. The minimum atomic E-state index is -0.326. The second-order valence-corrected chi connectivity index (χ2v) is 8.63. The summed E-state index contributed by atoms with van der Waals surface area (Å²) in [5.74, 6) is 0.0668. The van der Waals surface area contributed by atoms with Crippen molar-refractivity contribution in [2.75, 3.05) is 32.2 Å². The molecule has 36 heavy (non-hydrogen) atoms. The molecule has 0 unspecified atom stereocenters. The van der Waals surface area contributed by atoms with Gasteiger partial charge in [0.2, 0.25) is 5.91 Å². The molecule has 1 aliphatic heterocycles. The van der Waals surface area contributed by atoms with Crippen LogP contribution in [0.5, 0.6) is 0 Å². The number of benzene rings is 2. The van der Waals surface area contributed by atoms with Crippen molar-refractivity contribution in [2.24, 2.45) is 7.05 Å². The van der Waals surface area contributed by atoms with Crippen LogP contribution >= 0.6 is 0 Å². The molecule has 0 aliphatic carbocycles. The van der Waals surface area contributed by atoms with Crippen molar-refractivity contribution in [1.29, 1.82) is 0 Å². The second-order valence-electron chi connectivity index (χ2n) is 8.63. The van der Waals surface area contributed by atoms with Crippen LogP contribution in [0.4, 0.5) is 5.69 Å². The lowest BCUT2D eigenvalue weighted by molar-refractivity contribution is -0.119. The van der Waals surface area contributed by atoms with Gasteiger partial charge < -0.3 is 24.7 Å². The first-order chi connectivity index (χ1) is 17.5. The molecule has 0 bridgehead atoms. The number of hydrogen-bond acceptors (Lipinski definition) is 6. The smallest absolute Gasteiger partial charge is 0.251 e. The lowest BCUT2D eigenvalue weighted by atomic mass is 9.97. The third kappa shape index (κ3) is 4.71. The highest BCUT2D eigenvalue weighted by atomic mass is 16.5. The summed E-state index contributed by atoms with van der Waals surface area (Å²) >= 11 is 0. The number of ether oxygens (including phenoxy) is 2. The van der Waals surface area contributed by atoms with E-state index < -0.39 is 0 Å². The minimum Gasteiger partial charge on any atom is -0.375 e. The van der Waals surface area contributed by atoms with Crippen LogP contribution in [0.3, 0.4) is 0 Å². The van der Waals surface area contributed by atoms with Gasteiger partial charge in [-0.2, -0.15) is 0 Å². The van der Waals surface area contributed by atoms with E-state index in [1.54, 1.807) is 24.5 Å². The molecular formula is C27H27N5O4. The number of rotatable bonds is 7. The summed E-state index contributed by atoms with van der Waals surface area (Å²) in [5, 5.41) is 5.85. The largest absolute Gasteiger partial charge is 0.375 e. The van der Waals surface area contributed by atoms with Crippen molar-refractivity contribution in [2.45, 2.75) is 12.5 Å². The van der Waals surface area contributed by atoms with E-state index >= 15 is 0 Å². The number of amides is 2. The number of methoxy groups -OCH3 is 1. The maximum Gasteiger partial charge on any atom is 0.251 e. The standard InChI is InChI=1S/C27H27N5O4/c1-32-25-21(30-24(33)16-35-2)12-19(13-22(25)31-26(32)18-7-5-10-28-14-18)27(34)29-15-23-20-8-4-3-6-17(20)9-11-36-23/h3-8,10,12-14,23H,9,11,15-16H2,1-2H3,(H,29,34)(H,30,33)/t23-/m1/s1. The van der Waals surface area contributed by atoms with E-state index in [0.717, 1.165) is 17.5 Å². The summed E-state index contributed by atoms with van der Waals surface area (Å²) in [4.78, 5) is 34.5.